The van der Waals surface area contributed by atoms with Crippen molar-refractivity contribution in [3.05, 3.63) is 30.1 Å². The van der Waals surface area contributed by atoms with Crippen molar-refractivity contribution in [2.24, 2.45) is 5.73 Å². The van der Waals surface area contributed by atoms with E-state index in [0.29, 0.717) is 5.69 Å². The van der Waals surface area contributed by atoms with Crippen LogP contribution in [0.2, 0.25) is 0 Å². The lowest BCUT2D eigenvalue weighted by Crippen LogP contribution is -2.46. The van der Waals surface area contributed by atoms with E-state index in [2.05, 4.69) is 4.98 Å². The lowest BCUT2D eigenvalue weighted by molar-refractivity contribution is -0.146. The summed E-state index contributed by atoms with van der Waals surface area (Å²) in [6.07, 6.45) is 1.60. The summed E-state index contributed by atoms with van der Waals surface area (Å²) >= 11 is 0. The summed E-state index contributed by atoms with van der Waals surface area (Å²) in [6.45, 7) is 0.237. The van der Waals surface area contributed by atoms with Crippen molar-refractivity contribution in [1.29, 1.82) is 0 Å². The van der Waals surface area contributed by atoms with E-state index >= 15 is 0 Å². The third-order valence-corrected chi connectivity index (χ3v) is 2.03. The number of carbonyl (C=O) groups excluding carboxylic acids is 1. The largest absolute Gasteiger partial charge is 0.480 e. The number of carbonyl (C=O) groups is 2. The maximum Gasteiger partial charge on any atom is 0.330 e. The molecule has 0 bridgehead atoms. The molecule has 0 saturated carbocycles. The van der Waals surface area contributed by atoms with Gasteiger partial charge in [0.25, 0.3) is 5.91 Å². The Labute approximate surface area is 92.7 Å². The van der Waals surface area contributed by atoms with E-state index in [9.17, 15) is 9.59 Å². The fourth-order valence-corrected chi connectivity index (χ4v) is 1.16. The second-order valence-corrected chi connectivity index (χ2v) is 3.33. The zero-order valence-electron chi connectivity index (χ0n) is 8.83. The molecule has 1 amide bonds. The zero-order valence-corrected chi connectivity index (χ0v) is 8.83. The summed E-state index contributed by atoms with van der Waals surface area (Å²) in [4.78, 5) is 27.3. The predicted molar refractivity (Wildman–Crippen MR) is 56.3 cm³/mol. The number of hydrogen-bond donors (Lipinski definition) is 2. The second kappa shape index (κ2) is 5.22. The fourth-order valence-electron chi connectivity index (χ4n) is 1.16. The van der Waals surface area contributed by atoms with Crippen molar-refractivity contribution in [3.63, 3.8) is 0 Å². The van der Waals surface area contributed by atoms with Gasteiger partial charge in [-0.1, -0.05) is 6.07 Å². The number of carboxylic acids is 1. The molecular weight excluding hydrogens is 210 g/mol. The maximum absolute atomic E-state index is 11.5. The van der Waals surface area contributed by atoms with Gasteiger partial charge in [-0.25, -0.2) is 4.79 Å². The molecule has 0 aliphatic rings. The molecule has 16 heavy (non-hydrogen) atoms. The van der Waals surface area contributed by atoms with Gasteiger partial charge in [0.15, 0.2) is 6.04 Å². The molecule has 1 heterocycles. The van der Waals surface area contributed by atoms with E-state index in [1.54, 1.807) is 24.4 Å². The summed E-state index contributed by atoms with van der Waals surface area (Å²) in [5.74, 6) is -1.98. The molecule has 6 nitrogen and oxygen atoms in total. The highest BCUT2D eigenvalue weighted by Crippen LogP contribution is 2.00. The summed E-state index contributed by atoms with van der Waals surface area (Å²) < 4.78 is 0. The van der Waals surface area contributed by atoms with Gasteiger partial charge in [-0.3, -0.25) is 9.78 Å². The molecule has 1 aromatic heterocycles. The number of amides is 1. The normalized spacial score (nSPS) is 11.9. The molecule has 1 atom stereocenters. The molecule has 0 spiro atoms. The second-order valence-electron chi connectivity index (χ2n) is 3.33. The van der Waals surface area contributed by atoms with Gasteiger partial charge in [0.1, 0.15) is 0 Å². The Hall–Kier alpha value is -1.95. The summed E-state index contributed by atoms with van der Waals surface area (Å²) in [6, 6.07) is 3.77. The average Bonchev–Trinajstić information content (AvgIpc) is 2.28. The van der Waals surface area contributed by atoms with Crippen LogP contribution in [0.1, 0.15) is 5.69 Å². The maximum atomic E-state index is 11.5. The first-order chi connectivity index (χ1) is 7.52. The van der Waals surface area contributed by atoms with E-state index in [0.717, 1.165) is 0 Å². The molecule has 0 saturated heterocycles. The number of likely N-dealkylation sites (N-methyl/N-ethyl adjacent to an activating group) is 1. The number of rotatable bonds is 4. The van der Waals surface area contributed by atoms with E-state index in [1.807, 2.05) is 0 Å². The minimum Gasteiger partial charge on any atom is -0.480 e. The number of carboxylic acid groups (broad SMARTS) is 1. The monoisotopic (exact) mass is 223 g/mol. The quantitative estimate of drug-likeness (QED) is 0.668. The minimum absolute atomic E-state index is 0.237. The Kier molecular flexibility index (Phi) is 3.96. The minimum atomic E-state index is -1.52. The molecule has 0 aromatic carbocycles. The van der Waals surface area contributed by atoms with Crippen LogP contribution < -0.4 is 5.73 Å². The van der Waals surface area contributed by atoms with Crippen LogP contribution in [-0.2, 0) is 16.1 Å². The first-order valence-electron chi connectivity index (χ1n) is 4.65. The van der Waals surface area contributed by atoms with Crippen molar-refractivity contribution in [2.45, 2.75) is 12.6 Å². The number of aliphatic carboxylic acids is 1. The van der Waals surface area contributed by atoms with Gasteiger partial charge in [-0.2, -0.15) is 0 Å². The van der Waals surface area contributed by atoms with E-state index in [-0.39, 0.29) is 6.54 Å². The van der Waals surface area contributed by atoms with Crippen LogP contribution in [0.25, 0.3) is 0 Å². The molecule has 0 aliphatic carbocycles. The van der Waals surface area contributed by atoms with E-state index < -0.39 is 17.9 Å². The van der Waals surface area contributed by atoms with Crippen LogP contribution >= 0.6 is 0 Å². The van der Waals surface area contributed by atoms with Crippen molar-refractivity contribution in [3.8, 4) is 0 Å². The van der Waals surface area contributed by atoms with Crippen LogP contribution in [0.5, 0.6) is 0 Å². The summed E-state index contributed by atoms with van der Waals surface area (Å²) in [5, 5.41) is 8.58. The molecule has 1 rings (SSSR count). The average molecular weight is 223 g/mol. The number of nitrogens with two attached hydrogens (primary N) is 1. The van der Waals surface area contributed by atoms with Crippen LogP contribution in [0, 0.1) is 0 Å². The molecule has 6 heteroatoms. The molecule has 0 fully saturated rings. The first kappa shape index (κ1) is 12.1. The van der Waals surface area contributed by atoms with E-state index in [1.165, 1.54) is 11.9 Å². The topological polar surface area (TPSA) is 96.5 Å². The van der Waals surface area contributed by atoms with Crippen LogP contribution in [0.15, 0.2) is 24.4 Å². The molecular formula is C10H13N3O3. The van der Waals surface area contributed by atoms with Crippen LogP contribution in [0.4, 0.5) is 0 Å². The van der Waals surface area contributed by atoms with Gasteiger partial charge in [0, 0.05) is 13.2 Å². The molecule has 0 aliphatic heterocycles. The zero-order chi connectivity index (χ0) is 12.1. The van der Waals surface area contributed by atoms with Crippen molar-refractivity contribution < 1.29 is 14.7 Å². The van der Waals surface area contributed by atoms with Gasteiger partial charge in [-0.05, 0) is 12.1 Å². The van der Waals surface area contributed by atoms with Gasteiger partial charge >= 0.3 is 5.97 Å². The molecule has 3 N–H and O–H groups in total. The third kappa shape index (κ3) is 3.03. The Morgan fingerprint density at radius 3 is 2.75 bits per heavy atom. The Bertz CT molecular complexity index is 380. The third-order valence-electron chi connectivity index (χ3n) is 2.03. The van der Waals surface area contributed by atoms with Gasteiger partial charge in [-0.15, -0.1) is 0 Å². The SMILES string of the molecule is CN(Cc1ccccn1)C(=O)C(N)C(=O)O. The highest BCUT2D eigenvalue weighted by Gasteiger charge is 2.24. The fraction of sp³-hybridized carbons (Fsp3) is 0.300. The Morgan fingerprint density at radius 2 is 2.25 bits per heavy atom. The summed E-state index contributed by atoms with van der Waals surface area (Å²) in [7, 11) is 1.49. The van der Waals surface area contributed by atoms with Crippen molar-refractivity contribution >= 4 is 11.9 Å². The van der Waals surface area contributed by atoms with Crippen LogP contribution in [-0.4, -0.2) is 40.0 Å². The van der Waals surface area contributed by atoms with Gasteiger partial charge in [0.2, 0.25) is 0 Å². The highest BCUT2D eigenvalue weighted by atomic mass is 16.4. The number of aromatic nitrogens is 1. The standard InChI is InChI=1S/C10H13N3O3/c1-13(9(14)8(11)10(15)16)6-7-4-2-3-5-12-7/h2-5,8H,6,11H2,1H3,(H,15,16). The van der Waals surface area contributed by atoms with E-state index in [4.69, 9.17) is 10.8 Å². The predicted octanol–water partition coefficient (Wildman–Crippen LogP) is -0.548. The Morgan fingerprint density at radius 1 is 1.56 bits per heavy atom. The number of pyridine rings is 1. The van der Waals surface area contributed by atoms with Crippen molar-refractivity contribution in [2.75, 3.05) is 7.05 Å². The molecule has 1 unspecified atom stereocenters. The number of hydrogen-bond acceptors (Lipinski definition) is 4. The summed E-state index contributed by atoms with van der Waals surface area (Å²) in [5.41, 5.74) is 5.88. The highest BCUT2D eigenvalue weighted by molar-refractivity contribution is 6.00. The lowest BCUT2D eigenvalue weighted by Gasteiger charge is -2.18. The van der Waals surface area contributed by atoms with Crippen LogP contribution in [0.3, 0.4) is 0 Å². The molecule has 86 valence electrons. The Balaban J connectivity index is 2.62. The smallest absolute Gasteiger partial charge is 0.330 e. The molecule has 1 aromatic rings. The van der Waals surface area contributed by atoms with Gasteiger partial charge in [0.05, 0.1) is 12.2 Å². The lowest BCUT2D eigenvalue weighted by atomic mass is 10.2. The van der Waals surface area contributed by atoms with Crippen molar-refractivity contribution in [1.82, 2.24) is 9.88 Å². The van der Waals surface area contributed by atoms with Gasteiger partial charge < -0.3 is 15.7 Å². The number of nitrogens with zero attached hydrogens (tertiary/aromatic N) is 2. The molecule has 0 radical (unpaired) electrons. The first-order valence-corrected chi connectivity index (χ1v) is 4.65.